The zero-order valence-corrected chi connectivity index (χ0v) is 15.9. The number of hydrogen-bond acceptors (Lipinski definition) is 3. The standard InChI is InChI=1S/C21H22N2O3S/c1-27-12-10-18(21(25)26)22-20(24)17-7-8-19-16(13-17)9-11-23(19)14-15-5-3-2-4-6-15/h2-9,11,13,18H,10,12,14H2,1H3,(H,22,24)(H,25,26). The Morgan fingerprint density at radius 1 is 1.15 bits per heavy atom. The Hall–Kier alpha value is -2.73. The van der Waals surface area contributed by atoms with E-state index in [-0.39, 0.29) is 5.91 Å². The third-order valence-electron chi connectivity index (χ3n) is 4.44. The maximum atomic E-state index is 12.5. The number of nitrogens with one attached hydrogen (secondary N) is 1. The highest BCUT2D eigenvalue weighted by molar-refractivity contribution is 7.98. The smallest absolute Gasteiger partial charge is 0.326 e. The first-order valence-electron chi connectivity index (χ1n) is 8.74. The van der Waals surface area contributed by atoms with Crippen molar-refractivity contribution in [2.45, 2.75) is 19.0 Å². The molecule has 6 heteroatoms. The summed E-state index contributed by atoms with van der Waals surface area (Å²) in [5.41, 5.74) is 2.71. The molecule has 1 unspecified atom stereocenters. The van der Waals surface area contributed by atoms with Gasteiger partial charge in [-0.25, -0.2) is 4.79 Å². The second-order valence-corrected chi connectivity index (χ2v) is 7.33. The van der Waals surface area contributed by atoms with Crippen molar-refractivity contribution in [1.29, 1.82) is 0 Å². The number of thioether (sulfide) groups is 1. The molecule has 0 aliphatic heterocycles. The Labute approximate surface area is 162 Å². The van der Waals surface area contributed by atoms with Gasteiger partial charge in [0.05, 0.1) is 0 Å². The highest BCUT2D eigenvalue weighted by Gasteiger charge is 2.20. The van der Waals surface area contributed by atoms with Crippen molar-refractivity contribution < 1.29 is 14.7 Å². The molecule has 3 aromatic rings. The number of nitrogens with zero attached hydrogens (tertiary/aromatic N) is 1. The third-order valence-corrected chi connectivity index (χ3v) is 5.09. The van der Waals surface area contributed by atoms with Crippen molar-refractivity contribution in [3.8, 4) is 0 Å². The van der Waals surface area contributed by atoms with Crippen LogP contribution in [0.2, 0.25) is 0 Å². The Morgan fingerprint density at radius 3 is 2.63 bits per heavy atom. The zero-order chi connectivity index (χ0) is 19.2. The SMILES string of the molecule is CSCCC(NC(=O)c1ccc2c(ccn2Cc2ccccc2)c1)C(=O)O. The predicted molar refractivity (Wildman–Crippen MR) is 109 cm³/mol. The van der Waals surface area contributed by atoms with Crippen LogP contribution in [0.1, 0.15) is 22.3 Å². The topological polar surface area (TPSA) is 71.3 Å². The minimum absolute atomic E-state index is 0.360. The molecule has 0 radical (unpaired) electrons. The minimum Gasteiger partial charge on any atom is -0.480 e. The third kappa shape index (κ3) is 4.71. The average Bonchev–Trinajstić information content (AvgIpc) is 3.07. The zero-order valence-electron chi connectivity index (χ0n) is 15.1. The largest absolute Gasteiger partial charge is 0.480 e. The molecule has 1 atom stereocenters. The number of rotatable bonds is 8. The van der Waals surface area contributed by atoms with Crippen LogP contribution in [0.5, 0.6) is 0 Å². The summed E-state index contributed by atoms with van der Waals surface area (Å²) in [5.74, 6) is -0.688. The lowest BCUT2D eigenvalue weighted by Crippen LogP contribution is -2.41. The number of carboxylic acids is 1. The van der Waals surface area contributed by atoms with Gasteiger partial charge in [-0.05, 0) is 48.3 Å². The second kappa shape index (κ2) is 8.77. The number of hydrogen-bond donors (Lipinski definition) is 2. The first-order chi connectivity index (χ1) is 13.1. The Balaban J connectivity index is 1.76. The van der Waals surface area contributed by atoms with Gasteiger partial charge in [-0.3, -0.25) is 4.79 Å². The van der Waals surface area contributed by atoms with E-state index in [0.717, 1.165) is 17.4 Å². The fourth-order valence-electron chi connectivity index (χ4n) is 2.99. The van der Waals surface area contributed by atoms with Crippen molar-refractivity contribution in [3.05, 3.63) is 71.9 Å². The van der Waals surface area contributed by atoms with Gasteiger partial charge < -0.3 is 15.0 Å². The summed E-state index contributed by atoms with van der Waals surface area (Å²) in [4.78, 5) is 23.8. The molecule has 1 aromatic heterocycles. The lowest BCUT2D eigenvalue weighted by molar-refractivity contribution is -0.139. The van der Waals surface area contributed by atoms with Crippen LogP contribution in [0.4, 0.5) is 0 Å². The van der Waals surface area contributed by atoms with Gasteiger partial charge in [-0.1, -0.05) is 30.3 Å². The van der Waals surface area contributed by atoms with Crippen molar-refractivity contribution in [2.75, 3.05) is 12.0 Å². The van der Waals surface area contributed by atoms with Gasteiger partial charge in [0.25, 0.3) is 5.91 Å². The Morgan fingerprint density at radius 2 is 1.93 bits per heavy atom. The quantitative estimate of drug-likeness (QED) is 0.624. The summed E-state index contributed by atoms with van der Waals surface area (Å²) < 4.78 is 2.13. The molecule has 0 saturated heterocycles. The van der Waals surface area contributed by atoms with E-state index in [4.69, 9.17) is 0 Å². The molecular weight excluding hydrogens is 360 g/mol. The van der Waals surface area contributed by atoms with E-state index >= 15 is 0 Å². The van der Waals surface area contributed by atoms with Crippen LogP contribution < -0.4 is 5.32 Å². The number of carbonyl (C=O) groups is 2. The second-order valence-electron chi connectivity index (χ2n) is 6.35. The summed E-state index contributed by atoms with van der Waals surface area (Å²) in [6.45, 7) is 0.756. The molecule has 5 nitrogen and oxygen atoms in total. The van der Waals surface area contributed by atoms with E-state index in [1.807, 2.05) is 42.8 Å². The van der Waals surface area contributed by atoms with Crippen molar-refractivity contribution >= 4 is 34.5 Å². The fourth-order valence-corrected chi connectivity index (χ4v) is 3.47. The van der Waals surface area contributed by atoms with Crippen LogP contribution in [-0.2, 0) is 11.3 Å². The molecule has 140 valence electrons. The van der Waals surface area contributed by atoms with E-state index < -0.39 is 12.0 Å². The number of carboxylic acid groups (broad SMARTS) is 1. The summed E-state index contributed by atoms with van der Waals surface area (Å²) in [6.07, 6.45) is 4.31. The Bertz CT molecular complexity index is 937. The molecule has 3 rings (SSSR count). The summed E-state index contributed by atoms with van der Waals surface area (Å²) in [5, 5.41) is 12.9. The molecule has 0 aliphatic rings. The van der Waals surface area contributed by atoms with Gasteiger partial charge in [0.1, 0.15) is 6.04 Å². The predicted octanol–water partition coefficient (Wildman–Crippen LogP) is 3.63. The van der Waals surface area contributed by atoms with Crippen LogP contribution >= 0.6 is 11.8 Å². The summed E-state index contributed by atoms with van der Waals surface area (Å²) in [6, 6.07) is 16.7. The van der Waals surface area contributed by atoms with Gasteiger partial charge in [0.2, 0.25) is 0 Å². The monoisotopic (exact) mass is 382 g/mol. The molecule has 0 bridgehead atoms. The van der Waals surface area contributed by atoms with Crippen LogP contribution in [0.15, 0.2) is 60.8 Å². The van der Waals surface area contributed by atoms with E-state index in [2.05, 4.69) is 22.0 Å². The number of amides is 1. The van der Waals surface area contributed by atoms with E-state index in [0.29, 0.717) is 17.7 Å². The van der Waals surface area contributed by atoms with E-state index in [9.17, 15) is 14.7 Å². The highest BCUT2D eigenvalue weighted by Crippen LogP contribution is 2.19. The molecule has 27 heavy (non-hydrogen) atoms. The van der Waals surface area contributed by atoms with Crippen molar-refractivity contribution in [1.82, 2.24) is 9.88 Å². The highest BCUT2D eigenvalue weighted by atomic mass is 32.2. The van der Waals surface area contributed by atoms with Gasteiger partial charge in [0.15, 0.2) is 0 Å². The molecule has 0 saturated carbocycles. The number of aromatic nitrogens is 1. The average molecular weight is 382 g/mol. The maximum Gasteiger partial charge on any atom is 0.326 e. The number of fused-ring (bicyclic) bond motifs is 1. The molecule has 2 N–H and O–H groups in total. The fraction of sp³-hybridized carbons (Fsp3) is 0.238. The lowest BCUT2D eigenvalue weighted by atomic mass is 10.1. The van der Waals surface area contributed by atoms with Crippen LogP contribution in [0.25, 0.3) is 10.9 Å². The van der Waals surface area contributed by atoms with E-state index in [1.54, 1.807) is 23.9 Å². The molecule has 1 heterocycles. The molecule has 0 fully saturated rings. The van der Waals surface area contributed by atoms with Crippen LogP contribution in [-0.4, -0.2) is 39.6 Å². The summed E-state index contributed by atoms with van der Waals surface area (Å²) in [7, 11) is 0. The first-order valence-corrected chi connectivity index (χ1v) is 10.1. The Kier molecular flexibility index (Phi) is 6.19. The van der Waals surface area contributed by atoms with Gasteiger partial charge in [0, 0.05) is 29.2 Å². The van der Waals surface area contributed by atoms with Crippen molar-refractivity contribution in [3.63, 3.8) is 0 Å². The number of benzene rings is 2. The minimum atomic E-state index is -1.01. The molecular formula is C21H22N2O3S. The first kappa shape index (κ1) is 19.0. The normalized spacial score (nSPS) is 12.0. The maximum absolute atomic E-state index is 12.5. The molecule has 0 spiro atoms. The number of aliphatic carboxylic acids is 1. The van der Waals surface area contributed by atoms with Crippen LogP contribution in [0.3, 0.4) is 0 Å². The molecule has 2 aromatic carbocycles. The van der Waals surface area contributed by atoms with Gasteiger partial charge in [-0.2, -0.15) is 11.8 Å². The molecule has 1 amide bonds. The number of carbonyl (C=O) groups excluding carboxylic acids is 1. The van der Waals surface area contributed by atoms with Crippen molar-refractivity contribution in [2.24, 2.45) is 0 Å². The van der Waals surface area contributed by atoms with E-state index in [1.165, 1.54) is 5.56 Å². The lowest BCUT2D eigenvalue weighted by Gasteiger charge is -2.14. The molecule has 0 aliphatic carbocycles. The van der Waals surface area contributed by atoms with Gasteiger partial charge >= 0.3 is 5.97 Å². The van der Waals surface area contributed by atoms with Gasteiger partial charge in [-0.15, -0.1) is 0 Å². The summed E-state index contributed by atoms with van der Waals surface area (Å²) >= 11 is 1.56. The van der Waals surface area contributed by atoms with Crippen LogP contribution in [0, 0.1) is 0 Å².